The van der Waals surface area contributed by atoms with Gasteiger partial charge in [0.25, 0.3) is 5.91 Å². The second-order valence-corrected chi connectivity index (χ2v) is 5.42. The average Bonchev–Trinajstić information content (AvgIpc) is 2.49. The largest absolute Gasteiger partial charge is 0.454 e. The van der Waals surface area contributed by atoms with Gasteiger partial charge in [0, 0.05) is 6.92 Å². The number of hydrogen-bond donors (Lipinski definition) is 2. The summed E-state index contributed by atoms with van der Waals surface area (Å²) in [6.07, 6.45) is 2.92. The summed E-state index contributed by atoms with van der Waals surface area (Å²) in [7, 11) is 0. The molecule has 0 aliphatic rings. The fourth-order valence-electron chi connectivity index (χ4n) is 1.81. The first-order valence-corrected chi connectivity index (χ1v) is 7.02. The van der Waals surface area contributed by atoms with Crippen LogP contribution < -0.4 is 15.4 Å². The summed E-state index contributed by atoms with van der Waals surface area (Å²) in [5, 5.41) is 5.10. The summed E-state index contributed by atoms with van der Waals surface area (Å²) in [5.41, 5.74) is -1.06. The number of amides is 2. The molecular weight excluding hydrogens is 296 g/mol. The second-order valence-electron chi connectivity index (χ2n) is 5.42. The quantitative estimate of drug-likeness (QED) is 0.881. The Morgan fingerprint density at radius 1 is 1.04 bits per heavy atom. The number of aromatic nitrogens is 2. The van der Waals surface area contributed by atoms with E-state index in [1.54, 1.807) is 13.8 Å². The van der Waals surface area contributed by atoms with Gasteiger partial charge in [0.05, 0.1) is 12.4 Å². The number of carbonyl (C=O) groups is 2. The van der Waals surface area contributed by atoms with Crippen LogP contribution in [-0.4, -0.2) is 27.3 Å². The van der Waals surface area contributed by atoms with Gasteiger partial charge in [0.2, 0.25) is 11.9 Å². The number of hydrogen-bond acceptors (Lipinski definition) is 5. The summed E-state index contributed by atoms with van der Waals surface area (Å²) in [6, 6.07) is 9.22. The Balaban J connectivity index is 2.00. The van der Waals surface area contributed by atoms with E-state index < -0.39 is 11.4 Å². The highest BCUT2D eigenvalue weighted by molar-refractivity contribution is 5.98. The molecule has 2 N–H and O–H groups in total. The average molecular weight is 314 g/mol. The zero-order valence-corrected chi connectivity index (χ0v) is 13.2. The predicted octanol–water partition coefficient (Wildman–Crippen LogP) is 2.12. The lowest BCUT2D eigenvalue weighted by Crippen LogP contribution is -2.51. The maximum absolute atomic E-state index is 12.1. The number of para-hydroxylation sites is 1. The van der Waals surface area contributed by atoms with Crippen molar-refractivity contribution in [2.75, 3.05) is 5.32 Å². The first kappa shape index (κ1) is 16.4. The van der Waals surface area contributed by atoms with Crippen LogP contribution in [-0.2, 0) is 9.59 Å². The van der Waals surface area contributed by atoms with Gasteiger partial charge in [-0.2, -0.15) is 0 Å². The molecule has 1 heterocycles. The third-order valence-electron chi connectivity index (χ3n) is 2.89. The molecule has 7 nitrogen and oxygen atoms in total. The van der Waals surface area contributed by atoms with Gasteiger partial charge < -0.3 is 10.1 Å². The van der Waals surface area contributed by atoms with Crippen molar-refractivity contribution < 1.29 is 14.3 Å². The van der Waals surface area contributed by atoms with Gasteiger partial charge in [-0.05, 0) is 26.0 Å². The van der Waals surface area contributed by atoms with Crippen LogP contribution in [0, 0.1) is 0 Å². The van der Waals surface area contributed by atoms with Gasteiger partial charge in [-0.3, -0.25) is 14.9 Å². The summed E-state index contributed by atoms with van der Waals surface area (Å²) < 4.78 is 5.56. The predicted molar refractivity (Wildman–Crippen MR) is 85.1 cm³/mol. The van der Waals surface area contributed by atoms with E-state index in [9.17, 15) is 9.59 Å². The fourth-order valence-corrected chi connectivity index (χ4v) is 1.81. The van der Waals surface area contributed by atoms with Crippen LogP contribution >= 0.6 is 0 Å². The Morgan fingerprint density at radius 2 is 1.65 bits per heavy atom. The molecule has 0 aliphatic carbocycles. The molecule has 120 valence electrons. The molecule has 0 spiro atoms. The molecule has 0 bridgehead atoms. The minimum atomic E-state index is -1.06. The van der Waals surface area contributed by atoms with Crippen LogP contribution in [0.25, 0.3) is 0 Å². The van der Waals surface area contributed by atoms with Crippen molar-refractivity contribution in [1.29, 1.82) is 0 Å². The first-order chi connectivity index (χ1) is 10.9. The van der Waals surface area contributed by atoms with E-state index in [1.807, 2.05) is 30.3 Å². The van der Waals surface area contributed by atoms with Gasteiger partial charge in [-0.15, -0.1) is 0 Å². The SMILES string of the molecule is CC(=O)NC(C)(C)C(=O)Nc1ncc(Oc2ccccc2)cn1. The zero-order chi connectivity index (χ0) is 16.9. The van der Waals surface area contributed by atoms with Crippen LogP contribution in [0.3, 0.4) is 0 Å². The van der Waals surface area contributed by atoms with Crippen molar-refractivity contribution in [1.82, 2.24) is 15.3 Å². The molecule has 2 amide bonds. The van der Waals surface area contributed by atoms with E-state index in [-0.39, 0.29) is 11.9 Å². The summed E-state index contributed by atoms with van der Waals surface area (Å²) in [6.45, 7) is 4.54. The van der Waals surface area contributed by atoms with Crippen molar-refractivity contribution in [3.05, 3.63) is 42.7 Å². The molecule has 0 saturated carbocycles. The van der Waals surface area contributed by atoms with Crippen LogP contribution in [0.1, 0.15) is 20.8 Å². The molecule has 1 aromatic carbocycles. The van der Waals surface area contributed by atoms with E-state index in [1.165, 1.54) is 19.3 Å². The molecule has 23 heavy (non-hydrogen) atoms. The zero-order valence-electron chi connectivity index (χ0n) is 13.2. The number of rotatable bonds is 5. The van der Waals surface area contributed by atoms with Gasteiger partial charge in [-0.25, -0.2) is 9.97 Å². The topological polar surface area (TPSA) is 93.2 Å². The summed E-state index contributed by atoms with van der Waals surface area (Å²) >= 11 is 0. The number of ether oxygens (including phenoxy) is 1. The Bertz CT molecular complexity index is 684. The first-order valence-electron chi connectivity index (χ1n) is 7.02. The van der Waals surface area contributed by atoms with E-state index >= 15 is 0 Å². The van der Waals surface area contributed by atoms with Crippen LogP contribution in [0.5, 0.6) is 11.5 Å². The molecule has 0 fully saturated rings. The molecule has 1 aromatic heterocycles. The highest BCUT2D eigenvalue weighted by Crippen LogP contribution is 2.19. The fraction of sp³-hybridized carbons (Fsp3) is 0.250. The molecule has 0 aliphatic heterocycles. The normalized spacial score (nSPS) is 10.7. The van der Waals surface area contributed by atoms with Crippen molar-refractivity contribution in [2.24, 2.45) is 0 Å². The second kappa shape index (κ2) is 6.87. The maximum atomic E-state index is 12.1. The molecule has 0 unspecified atom stereocenters. The number of benzene rings is 1. The minimum absolute atomic E-state index is 0.133. The van der Waals surface area contributed by atoms with Crippen molar-refractivity contribution in [3.63, 3.8) is 0 Å². The molecule has 2 aromatic rings. The standard InChI is InChI=1S/C16H18N4O3/c1-11(21)20-16(2,3)14(22)19-15-17-9-13(10-18-15)23-12-7-5-4-6-8-12/h4-10H,1-3H3,(H,20,21)(H,17,18,19,22). The van der Waals surface area contributed by atoms with E-state index in [4.69, 9.17) is 4.74 Å². The lowest BCUT2D eigenvalue weighted by Gasteiger charge is -2.23. The van der Waals surface area contributed by atoms with Gasteiger partial charge in [0.1, 0.15) is 11.3 Å². The lowest BCUT2D eigenvalue weighted by atomic mass is 10.0. The summed E-state index contributed by atoms with van der Waals surface area (Å²) in [4.78, 5) is 31.3. The maximum Gasteiger partial charge on any atom is 0.251 e. The van der Waals surface area contributed by atoms with Crippen molar-refractivity contribution in [2.45, 2.75) is 26.3 Å². The van der Waals surface area contributed by atoms with E-state index in [0.29, 0.717) is 11.5 Å². The minimum Gasteiger partial charge on any atom is -0.454 e. The number of nitrogens with one attached hydrogen (secondary N) is 2. The molecule has 0 radical (unpaired) electrons. The molecule has 0 atom stereocenters. The Kier molecular flexibility index (Phi) is 4.90. The Hall–Kier alpha value is -2.96. The van der Waals surface area contributed by atoms with Gasteiger partial charge >= 0.3 is 0 Å². The van der Waals surface area contributed by atoms with Crippen LogP contribution in [0.2, 0.25) is 0 Å². The Morgan fingerprint density at radius 3 is 2.22 bits per heavy atom. The molecule has 7 heteroatoms. The van der Waals surface area contributed by atoms with Gasteiger partial charge in [-0.1, -0.05) is 18.2 Å². The smallest absolute Gasteiger partial charge is 0.251 e. The van der Waals surface area contributed by atoms with Gasteiger partial charge in [0.15, 0.2) is 5.75 Å². The molecule has 0 saturated heterocycles. The molecular formula is C16H18N4O3. The monoisotopic (exact) mass is 314 g/mol. The Labute approximate surface area is 134 Å². The number of nitrogens with zero attached hydrogens (tertiary/aromatic N) is 2. The highest BCUT2D eigenvalue weighted by atomic mass is 16.5. The summed E-state index contributed by atoms with van der Waals surface area (Å²) in [5.74, 6) is 0.547. The third-order valence-corrected chi connectivity index (χ3v) is 2.89. The number of carbonyl (C=O) groups excluding carboxylic acids is 2. The van der Waals surface area contributed by atoms with Crippen molar-refractivity contribution >= 4 is 17.8 Å². The number of anilines is 1. The van der Waals surface area contributed by atoms with E-state index in [2.05, 4.69) is 20.6 Å². The molecule has 2 rings (SSSR count). The third kappa shape index (κ3) is 4.77. The van der Waals surface area contributed by atoms with Crippen LogP contribution in [0.4, 0.5) is 5.95 Å². The van der Waals surface area contributed by atoms with Crippen molar-refractivity contribution in [3.8, 4) is 11.5 Å². The highest BCUT2D eigenvalue weighted by Gasteiger charge is 2.28. The lowest BCUT2D eigenvalue weighted by molar-refractivity contribution is -0.128. The van der Waals surface area contributed by atoms with E-state index in [0.717, 1.165) is 0 Å². The van der Waals surface area contributed by atoms with Crippen LogP contribution in [0.15, 0.2) is 42.7 Å².